The van der Waals surface area contributed by atoms with Crippen LogP contribution in [0.4, 0.5) is 17.2 Å². The lowest BCUT2D eigenvalue weighted by atomic mass is 10.2. The van der Waals surface area contributed by atoms with Gasteiger partial charge in [-0.3, -0.25) is 0 Å². The Kier molecular flexibility index (Phi) is 4.48. The summed E-state index contributed by atoms with van der Waals surface area (Å²) in [7, 11) is 0. The molecule has 0 radical (unpaired) electrons. The van der Waals surface area contributed by atoms with E-state index in [1.54, 1.807) is 6.07 Å². The van der Waals surface area contributed by atoms with Crippen LogP contribution in [-0.2, 0) is 0 Å². The van der Waals surface area contributed by atoms with Crippen LogP contribution in [0.5, 0.6) is 11.5 Å². The van der Waals surface area contributed by atoms with Crippen molar-refractivity contribution in [3.63, 3.8) is 0 Å². The highest BCUT2D eigenvalue weighted by Crippen LogP contribution is 2.37. The maximum atomic E-state index is 9.49. The molecule has 1 aromatic carbocycles. The third-order valence-electron chi connectivity index (χ3n) is 5.48. The van der Waals surface area contributed by atoms with E-state index in [-0.39, 0.29) is 6.04 Å². The van der Waals surface area contributed by atoms with Crippen LogP contribution in [0, 0.1) is 11.3 Å². The Morgan fingerprint density at radius 2 is 1.81 bits per heavy atom. The summed E-state index contributed by atoms with van der Waals surface area (Å²) >= 11 is 0. The monoisotopic (exact) mass is 367 g/mol. The Bertz CT molecular complexity index is 877. The zero-order valence-electron chi connectivity index (χ0n) is 15.8. The molecular formula is C20H25N5O2. The summed E-state index contributed by atoms with van der Waals surface area (Å²) in [5.74, 6) is 2.59. The Labute approximate surface area is 159 Å². The van der Waals surface area contributed by atoms with E-state index in [9.17, 15) is 5.26 Å². The fraction of sp³-hybridized carbons (Fsp3) is 0.450. The second-order valence-corrected chi connectivity index (χ2v) is 7.06. The Morgan fingerprint density at radius 1 is 1.11 bits per heavy atom. The van der Waals surface area contributed by atoms with E-state index in [1.807, 2.05) is 12.1 Å². The number of rotatable bonds is 4. The average molecular weight is 367 g/mol. The van der Waals surface area contributed by atoms with Crippen LogP contribution in [0.1, 0.15) is 32.0 Å². The predicted molar refractivity (Wildman–Crippen MR) is 106 cm³/mol. The zero-order valence-corrected chi connectivity index (χ0v) is 15.8. The molecule has 7 heteroatoms. The molecule has 1 fully saturated rings. The summed E-state index contributed by atoms with van der Waals surface area (Å²) in [5.41, 5.74) is 8.75. The lowest BCUT2D eigenvalue weighted by molar-refractivity contribution is 0.174. The highest BCUT2D eigenvalue weighted by Gasteiger charge is 2.26. The fourth-order valence-electron chi connectivity index (χ4n) is 3.84. The van der Waals surface area contributed by atoms with E-state index < -0.39 is 0 Å². The Morgan fingerprint density at radius 3 is 2.52 bits per heavy atom. The Balaban J connectivity index is 1.53. The number of benzene rings is 1. The molecule has 2 N–H and O–H groups in total. The number of hydrogen-bond acceptors (Lipinski definition) is 6. The van der Waals surface area contributed by atoms with Crippen molar-refractivity contribution in [2.24, 2.45) is 0 Å². The van der Waals surface area contributed by atoms with E-state index in [2.05, 4.69) is 40.3 Å². The van der Waals surface area contributed by atoms with Gasteiger partial charge in [-0.05, 0) is 31.5 Å². The van der Waals surface area contributed by atoms with Crippen molar-refractivity contribution in [3.8, 4) is 17.6 Å². The minimum absolute atomic E-state index is 0.235. The van der Waals surface area contributed by atoms with Gasteiger partial charge in [-0.25, -0.2) is 0 Å². The molecule has 1 unspecified atom stereocenters. The van der Waals surface area contributed by atoms with Crippen LogP contribution in [-0.4, -0.2) is 37.5 Å². The van der Waals surface area contributed by atoms with Crippen molar-refractivity contribution >= 4 is 17.2 Å². The molecule has 7 nitrogen and oxygen atoms in total. The minimum Gasteiger partial charge on any atom is -0.454 e. The van der Waals surface area contributed by atoms with Gasteiger partial charge < -0.3 is 29.6 Å². The number of fused-ring (bicyclic) bond motifs is 1. The molecule has 0 amide bonds. The standard InChI is InChI=1S/C20H25N5O2/c1-3-14(2)25-16(12-21)10-17(22)20(25)24-8-6-23(7-9-24)15-4-5-18-19(11-15)27-13-26-18/h4-5,10-11,14H,3,6-9,13,22H2,1-2H3. The van der Waals surface area contributed by atoms with Gasteiger partial charge in [-0.2, -0.15) is 5.26 Å². The largest absolute Gasteiger partial charge is 0.454 e. The number of nitrogens with zero attached hydrogens (tertiary/aromatic N) is 4. The molecule has 2 aliphatic heterocycles. The lowest BCUT2D eigenvalue weighted by Gasteiger charge is -2.38. The number of nitriles is 1. The molecule has 0 bridgehead atoms. The number of ether oxygens (including phenoxy) is 2. The van der Waals surface area contributed by atoms with Crippen molar-refractivity contribution in [2.75, 3.05) is 48.5 Å². The van der Waals surface area contributed by atoms with Crippen LogP contribution in [0.15, 0.2) is 24.3 Å². The molecule has 3 heterocycles. The zero-order chi connectivity index (χ0) is 19.0. The summed E-state index contributed by atoms with van der Waals surface area (Å²) in [6.07, 6.45) is 0.951. The summed E-state index contributed by atoms with van der Waals surface area (Å²) < 4.78 is 13.0. The predicted octanol–water partition coefficient (Wildman–Crippen LogP) is 2.97. The number of piperazine rings is 1. The average Bonchev–Trinajstić information content (AvgIpc) is 3.30. The second-order valence-electron chi connectivity index (χ2n) is 7.06. The SMILES string of the molecule is CCC(C)n1c(C#N)cc(N)c1N1CCN(c2ccc3c(c2)OCO3)CC1. The molecular weight excluding hydrogens is 342 g/mol. The van der Waals surface area contributed by atoms with Crippen LogP contribution >= 0.6 is 0 Å². The first-order chi connectivity index (χ1) is 13.1. The van der Waals surface area contributed by atoms with Crippen molar-refractivity contribution < 1.29 is 9.47 Å². The molecule has 0 aliphatic carbocycles. The first kappa shape index (κ1) is 17.4. The summed E-state index contributed by atoms with van der Waals surface area (Å²) in [6, 6.07) is 10.4. The molecule has 2 aromatic rings. The van der Waals surface area contributed by atoms with E-state index >= 15 is 0 Å². The first-order valence-electron chi connectivity index (χ1n) is 9.42. The van der Waals surface area contributed by atoms with Crippen LogP contribution in [0.25, 0.3) is 0 Å². The normalized spacial score (nSPS) is 17.1. The first-order valence-corrected chi connectivity index (χ1v) is 9.42. The van der Waals surface area contributed by atoms with E-state index in [1.165, 1.54) is 0 Å². The maximum Gasteiger partial charge on any atom is 0.231 e. The van der Waals surface area contributed by atoms with Crippen LogP contribution in [0.3, 0.4) is 0 Å². The number of nitrogens with two attached hydrogens (primary N) is 1. The topological polar surface area (TPSA) is 79.7 Å². The van der Waals surface area contributed by atoms with Crippen LogP contribution < -0.4 is 25.0 Å². The van der Waals surface area contributed by atoms with E-state index in [0.29, 0.717) is 18.2 Å². The molecule has 1 saturated heterocycles. The second kappa shape index (κ2) is 6.95. The van der Waals surface area contributed by atoms with Crippen molar-refractivity contribution in [1.82, 2.24) is 4.57 Å². The van der Waals surface area contributed by atoms with Gasteiger partial charge in [0.1, 0.15) is 17.6 Å². The van der Waals surface area contributed by atoms with Gasteiger partial charge in [0.25, 0.3) is 0 Å². The Hall–Kier alpha value is -3.01. The van der Waals surface area contributed by atoms with Gasteiger partial charge in [0.2, 0.25) is 6.79 Å². The van der Waals surface area contributed by atoms with Crippen molar-refractivity contribution in [2.45, 2.75) is 26.3 Å². The van der Waals surface area contributed by atoms with E-state index in [4.69, 9.17) is 15.2 Å². The molecule has 0 saturated carbocycles. The molecule has 142 valence electrons. The molecule has 0 spiro atoms. The van der Waals surface area contributed by atoms with Gasteiger partial charge in [-0.1, -0.05) is 6.92 Å². The van der Waals surface area contributed by atoms with Gasteiger partial charge in [-0.15, -0.1) is 0 Å². The van der Waals surface area contributed by atoms with Crippen LogP contribution in [0.2, 0.25) is 0 Å². The fourth-order valence-corrected chi connectivity index (χ4v) is 3.84. The van der Waals surface area contributed by atoms with Crippen molar-refractivity contribution in [3.05, 3.63) is 30.0 Å². The summed E-state index contributed by atoms with van der Waals surface area (Å²) in [4.78, 5) is 4.64. The number of hydrogen-bond donors (Lipinski definition) is 1. The summed E-state index contributed by atoms with van der Waals surface area (Å²) in [6.45, 7) is 8.02. The maximum absolute atomic E-state index is 9.49. The van der Waals surface area contributed by atoms with Gasteiger partial charge in [0.15, 0.2) is 11.5 Å². The highest BCUT2D eigenvalue weighted by atomic mass is 16.7. The number of aromatic nitrogens is 1. The molecule has 27 heavy (non-hydrogen) atoms. The molecule has 4 rings (SSSR count). The third kappa shape index (κ3) is 3.01. The van der Waals surface area contributed by atoms with Gasteiger partial charge in [0.05, 0.1) is 5.69 Å². The molecule has 2 aliphatic rings. The van der Waals surface area contributed by atoms with Crippen molar-refractivity contribution in [1.29, 1.82) is 5.26 Å². The molecule has 1 atom stereocenters. The molecule has 1 aromatic heterocycles. The quantitative estimate of drug-likeness (QED) is 0.895. The van der Waals surface area contributed by atoms with Gasteiger partial charge >= 0.3 is 0 Å². The summed E-state index contributed by atoms with van der Waals surface area (Å²) in [5, 5.41) is 9.49. The third-order valence-corrected chi connectivity index (χ3v) is 5.48. The van der Waals surface area contributed by atoms with Gasteiger partial charge in [0, 0.05) is 44.0 Å². The smallest absolute Gasteiger partial charge is 0.231 e. The highest BCUT2D eigenvalue weighted by molar-refractivity contribution is 5.69. The minimum atomic E-state index is 0.235. The number of nitrogen functional groups attached to an aromatic ring is 1. The van der Waals surface area contributed by atoms with E-state index in [0.717, 1.165) is 55.6 Å². The number of anilines is 3. The lowest BCUT2D eigenvalue weighted by Crippen LogP contribution is -2.47.